The molecule has 0 unspecified atom stereocenters. The van der Waals surface area contributed by atoms with Gasteiger partial charge in [-0.25, -0.2) is 0 Å². The quantitative estimate of drug-likeness (QED) is 0.215. The van der Waals surface area contributed by atoms with Gasteiger partial charge in [0.05, 0.1) is 0 Å². The molecule has 4 heteroatoms. The minimum absolute atomic E-state index is 0.0282. The van der Waals surface area contributed by atoms with E-state index < -0.39 is 19.8 Å². The Labute approximate surface area is 248 Å². The van der Waals surface area contributed by atoms with Crippen molar-refractivity contribution in [3.63, 3.8) is 0 Å². The third-order valence-corrected chi connectivity index (χ3v) is 14.8. The van der Waals surface area contributed by atoms with Gasteiger partial charge in [0.2, 0.25) is 0 Å². The van der Waals surface area contributed by atoms with Gasteiger partial charge in [0.25, 0.3) is 0 Å². The van der Waals surface area contributed by atoms with Crippen molar-refractivity contribution in [3.05, 3.63) is 110 Å². The molecule has 2 fully saturated rings. The first kappa shape index (κ1) is 29.1. The van der Waals surface area contributed by atoms with Crippen LogP contribution in [0.25, 0.3) is 5.57 Å². The van der Waals surface area contributed by atoms with Gasteiger partial charge in [-0.1, -0.05) is 29.8 Å². The first-order chi connectivity index (χ1) is 19.2. The molecule has 1 amide bonds. The van der Waals surface area contributed by atoms with Crippen LogP contribution in [0, 0.1) is 15.9 Å². The third kappa shape index (κ3) is 7.06. The molecule has 3 nitrogen and oxygen atoms in total. The van der Waals surface area contributed by atoms with Crippen molar-refractivity contribution in [1.82, 2.24) is 10.2 Å². The predicted octanol–water partition coefficient (Wildman–Crippen LogP) is 8.51. The number of halogens is 1. The van der Waals surface area contributed by atoms with Crippen LogP contribution in [0.5, 0.6) is 0 Å². The zero-order chi connectivity index (χ0) is 28.3. The Morgan fingerprint density at radius 1 is 0.875 bits per heavy atom. The summed E-state index contributed by atoms with van der Waals surface area (Å²) in [4.78, 5) is 15.7. The maximum Gasteiger partial charge on any atom is -0.0541 e. The number of aryl methyl sites for hydroxylation is 1. The average molecular weight is 649 g/mol. The Morgan fingerprint density at radius 2 is 1.48 bits per heavy atom. The number of hydrogen-bond acceptors (Lipinski definition) is 2. The monoisotopic (exact) mass is 648 g/mol. The molecule has 1 N–H and O–H groups in total. The van der Waals surface area contributed by atoms with Crippen LogP contribution < -0.4 is 5.32 Å². The minimum atomic E-state index is -1.18. The topological polar surface area (TPSA) is 32.3 Å². The fourth-order valence-electron chi connectivity index (χ4n) is 5.71. The first-order valence-corrected chi connectivity index (χ1v) is 18.9. The van der Waals surface area contributed by atoms with Gasteiger partial charge >= 0.3 is 175 Å². The number of benzene rings is 3. The zero-order valence-corrected chi connectivity index (χ0v) is 27.1. The molecule has 212 valence electrons. The summed E-state index contributed by atoms with van der Waals surface area (Å²) in [5.74, 6) is 0.0282. The summed E-state index contributed by atoms with van der Waals surface area (Å²) in [6.07, 6.45) is 4.85. The van der Waals surface area contributed by atoms with Gasteiger partial charge in [-0.05, 0) is 26.8 Å². The largest absolute Gasteiger partial charge is 0.0587 e. The number of amides is 1. The van der Waals surface area contributed by atoms with Gasteiger partial charge in [0, 0.05) is 13.1 Å². The van der Waals surface area contributed by atoms with Crippen LogP contribution >= 0.6 is 19.8 Å². The number of piperidine rings is 1. The number of nitrogens with zero attached hydrogens (tertiary/aromatic N) is 1. The van der Waals surface area contributed by atoms with E-state index in [0.717, 1.165) is 37.1 Å². The van der Waals surface area contributed by atoms with E-state index in [4.69, 9.17) is 0 Å². The molecule has 2 heterocycles. The van der Waals surface area contributed by atoms with Crippen LogP contribution in [0.15, 0.2) is 78.4 Å². The molecular formula is C36H45IN2O. The molecule has 40 heavy (non-hydrogen) atoms. The van der Waals surface area contributed by atoms with Crippen LogP contribution in [0.1, 0.15) is 85.1 Å². The van der Waals surface area contributed by atoms with Crippen molar-refractivity contribution < 1.29 is 4.79 Å². The molecule has 0 radical (unpaired) electrons. The average Bonchev–Trinajstić information content (AvgIpc) is 2.95. The number of rotatable bonds is 6. The van der Waals surface area contributed by atoms with Gasteiger partial charge in [0.15, 0.2) is 0 Å². The molecule has 3 aromatic rings. The first-order valence-electron chi connectivity index (χ1n) is 14.8. The van der Waals surface area contributed by atoms with Gasteiger partial charge in [-0.15, -0.1) is 0 Å². The van der Waals surface area contributed by atoms with E-state index in [1.54, 1.807) is 5.57 Å². The molecule has 0 bridgehead atoms. The second-order valence-corrected chi connectivity index (χ2v) is 18.5. The second kappa shape index (κ2) is 12.6. The molecule has 0 saturated carbocycles. The van der Waals surface area contributed by atoms with Gasteiger partial charge in [-0.3, -0.25) is 0 Å². The van der Waals surface area contributed by atoms with Crippen molar-refractivity contribution in [3.8, 4) is 0 Å². The van der Waals surface area contributed by atoms with Gasteiger partial charge in [0.1, 0.15) is 0 Å². The Morgan fingerprint density at radius 3 is 2.10 bits per heavy atom. The van der Waals surface area contributed by atoms with E-state index in [9.17, 15) is 4.79 Å². The minimum Gasteiger partial charge on any atom is -0.0587 e. The van der Waals surface area contributed by atoms with E-state index in [-0.39, 0.29) is 11.9 Å². The van der Waals surface area contributed by atoms with Crippen molar-refractivity contribution in [2.45, 2.75) is 59.4 Å². The van der Waals surface area contributed by atoms with Crippen molar-refractivity contribution >= 4 is 31.3 Å². The molecule has 0 aromatic heterocycles. The summed E-state index contributed by atoms with van der Waals surface area (Å²) in [6, 6.07) is 26.3. The van der Waals surface area contributed by atoms with E-state index in [2.05, 4.69) is 112 Å². The van der Waals surface area contributed by atoms with E-state index in [1.807, 2.05) is 6.07 Å². The standard InChI is InChI=1S/C36H45IN2O/c1-26-9-11-29(12-10-26)34(31-17-23-39(5)24-18-31)30-15-13-28(14-16-30)27(2)38-35(40)32-7-6-8-33(25-32)37-21-19-36(3,4)20-22-37/h6-16,25,27H,17-24H2,1-5H3,(H,38,40)/t27-/m1/s1. The molecule has 2 saturated heterocycles. The fraction of sp³-hybridized carbons (Fsp3) is 0.417. The normalized spacial score (nSPS) is 19.2. The van der Waals surface area contributed by atoms with Crippen LogP contribution in [0.4, 0.5) is 0 Å². The summed E-state index contributed by atoms with van der Waals surface area (Å²) >= 11 is -1.18. The molecule has 0 spiro atoms. The number of carbonyl (C=O) groups is 1. The Bertz CT molecular complexity index is 1340. The number of likely N-dealkylation sites (tertiary alicyclic amines) is 1. The Kier molecular flexibility index (Phi) is 9.16. The maximum absolute atomic E-state index is 13.3. The Balaban J connectivity index is 1.30. The van der Waals surface area contributed by atoms with Crippen molar-refractivity contribution in [1.29, 1.82) is 0 Å². The Hall–Kier alpha value is -2.44. The molecule has 5 rings (SSSR count). The zero-order valence-electron chi connectivity index (χ0n) is 24.9. The number of alkyl halides is 2. The smallest absolute Gasteiger partial charge is 0.0541 e. The van der Waals surface area contributed by atoms with Crippen molar-refractivity contribution in [2.24, 2.45) is 5.41 Å². The summed E-state index contributed by atoms with van der Waals surface area (Å²) in [6.45, 7) is 11.2. The fourth-order valence-corrected chi connectivity index (χ4v) is 13.2. The predicted molar refractivity (Wildman–Crippen MR) is 178 cm³/mol. The van der Waals surface area contributed by atoms with Gasteiger partial charge < -0.3 is 4.90 Å². The summed E-state index contributed by atoms with van der Waals surface area (Å²) in [5.41, 5.74) is 9.19. The van der Waals surface area contributed by atoms with Crippen LogP contribution in [0.2, 0.25) is 0 Å². The SMILES string of the molecule is Cc1ccc(C(=C2CCN(C)CC2)c2ccc([C@@H](C)NC(=O)c3cccc(I4CCC(C)(C)CC4)c3)cc2)cc1. The summed E-state index contributed by atoms with van der Waals surface area (Å²) in [5, 5.41) is 3.27. The van der Waals surface area contributed by atoms with Gasteiger partial charge in [-0.2, -0.15) is 0 Å². The maximum atomic E-state index is 13.3. The number of nitrogens with one attached hydrogen (secondary N) is 1. The van der Waals surface area contributed by atoms with Crippen LogP contribution in [-0.2, 0) is 0 Å². The summed E-state index contributed by atoms with van der Waals surface area (Å²) < 4.78 is 4.19. The van der Waals surface area contributed by atoms with E-state index in [0.29, 0.717) is 5.41 Å². The number of carbonyl (C=O) groups excluding carboxylic acids is 1. The molecule has 3 aromatic carbocycles. The second-order valence-electron chi connectivity index (χ2n) is 12.5. The van der Waals surface area contributed by atoms with Crippen LogP contribution in [0.3, 0.4) is 0 Å². The van der Waals surface area contributed by atoms with Crippen molar-refractivity contribution in [2.75, 3.05) is 29.0 Å². The van der Waals surface area contributed by atoms with E-state index in [1.165, 1.54) is 47.5 Å². The molecule has 0 aliphatic carbocycles. The molecule has 1 atom stereocenters. The molecule has 2 aliphatic heterocycles. The number of hydrogen-bond donors (Lipinski definition) is 1. The van der Waals surface area contributed by atoms with E-state index >= 15 is 0 Å². The van der Waals surface area contributed by atoms with Crippen LogP contribution in [-0.4, -0.2) is 39.8 Å². The summed E-state index contributed by atoms with van der Waals surface area (Å²) in [7, 11) is 2.21. The molecule has 2 aliphatic rings. The third-order valence-electron chi connectivity index (χ3n) is 8.73. The molecular weight excluding hydrogens is 603 g/mol.